The van der Waals surface area contributed by atoms with Gasteiger partial charge in [0.05, 0.1) is 0 Å². The molecule has 0 saturated carbocycles. The summed E-state index contributed by atoms with van der Waals surface area (Å²) in [4.78, 5) is 29.4. The van der Waals surface area contributed by atoms with E-state index in [4.69, 9.17) is 9.47 Å². The molecule has 0 spiro atoms. The van der Waals surface area contributed by atoms with Gasteiger partial charge in [-0.25, -0.2) is 4.39 Å². The van der Waals surface area contributed by atoms with Crippen molar-refractivity contribution in [2.24, 2.45) is 0 Å². The minimum atomic E-state index is -0.792. The second-order valence-corrected chi connectivity index (χ2v) is 9.41. The molecule has 1 aromatic heterocycles. The zero-order valence-corrected chi connectivity index (χ0v) is 20.7. The number of carbonyl (C=O) groups is 2. The van der Waals surface area contributed by atoms with Crippen LogP contribution in [-0.4, -0.2) is 56.8 Å². The summed E-state index contributed by atoms with van der Waals surface area (Å²) >= 11 is 0. The molecule has 2 amide bonds. The van der Waals surface area contributed by atoms with Gasteiger partial charge in [-0.1, -0.05) is 6.92 Å². The molecule has 11 heteroatoms. The van der Waals surface area contributed by atoms with Gasteiger partial charge in [-0.15, -0.1) is 10.2 Å². The third kappa shape index (κ3) is 5.78. The molecular formula is C25H29FN6O4. The van der Waals surface area contributed by atoms with Crippen LogP contribution in [-0.2, 0) is 16.1 Å². The first-order chi connectivity index (χ1) is 17.1. The van der Waals surface area contributed by atoms with E-state index >= 15 is 0 Å². The van der Waals surface area contributed by atoms with Gasteiger partial charge in [-0.05, 0) is 68.8 Å². The minimum absolute atomic E-state index is 0.256. The van der Waals surface area contributed by atoms with Crippen LogP contribution >= 0.6 is 0 Å². The van der Waals surface area contributed by atoms with Gasteiger partial charge in [0.1, 0.15) is 31.6 Å². The molecule has 2 heterocycles. The Morgan fingerprint density at radius 3 is 2.47 bits per heavy atom. The monoisotopic (exact) mass is 496 g/mol. The molecule has 0 aliphatic carbocycles. The zero-order chi connectivity index (χ0) is 25.9. The molecule has 2 aromatic carbocycles. The van der Waals surface area contributed by atoms with Gasteiger partial charge in [0.25, 0.3) is 5.91 Å². The molecule has 4 rings (SSSR count). The highest BCUT2D eigenvalue weighted by atomic mass is 19.1. The molecule has 0 radical (unpaired) electrons. The standard InChI is InChI=1S/C25H29FN6O4/c1-5-19(24(34)27-25(2,3)4)32(18-10-11-20-21(14-18)36-13-12-35-20)22(33)15-31-29-23(28-30-31)16-6-8-17(26)9-7-16/h6-11,14,19H,5,12-13,15H2,1-4H3,(H,27,34). The zero-order valence-electron chi connectivity index (χ0n) is 20.7. The summed E-state index contributed by atoms with van der Waals surface area (Å²) in [5.41, 5.74) is 0.567. The smallest absolute Gasteiger partial charge is 0.251 e. The number of carbonyl (C=O) groups excluding carboxylic acids is 2. The average Bonchev–Trinajstić information content (AvgIpc) is 3.29. The summed E-state index contributed by atoms with van der Waals surface area (Å²) < 4.78 is 24.6. The maximum Gasteiger partial charge on any atom is 0.251 e. The van der Waals surface area contributed by atoms with Crippen molar-refractivity contribution in [2.45, 2.75) is 52.2 Å². The SMILES string of the molecule is CCC(C(=O)NC(C)(C)C)N(C(=O)Cn1nnc(-c2ccc(F)cc2)n1)c1ccc2c(c1)OCCO2. The van der Waals surface area contributed by atoms with Crippen LogP contribution in [0, 0.1) is 5.82 Å². The molecule has 0 fully saturated rings. The van der Waals surface area contributed by atoms with Gasteiger partial charge in [0.15, 0.2) is 11.5 Å². The van der Waals surface area contributed by atoms with Crippen molar-refractivity contribution in [3.63, 3.8) is 0 Å². The van der Waals surface area contributed by atoms with Crippen LogP contribution in [0.5, 0.6) is 11.5 Å². The molecule has 1 unspecified atom stereocenters. The van der Waals surface area contributed by atoms with Crippen molar-refractivity contribution in [1.82, 2.24) is 25.5 Å². The predicted molar refractivity (Wildman–Crippen MR) is 130 cm³/mol. The molecule has 3 aromatic rings. The average molecular weight is 497 g/mol. The molecular weight excluding hydrogens is 467 g/mol. The van der Waals surface area contributed by atoms with Crippen LogP contribution in [0.15, 0.2) is 42.5 Å². The fourth-order valence-corrected chi connectivity index (χ4v) is 3.84. The first-order valence-electron chi connectivity index (χ1n) is 11.7. The Hall–Kier alpha value is -4.02. The molecule has 190 valence electrons. The van der Waals surface area contributed by atoms with E-state index in [1.807, 2.05) is 27.7 Å². The van der Waals surface area contributed by atoms with Crippen LogP contribution < -0.4 is 19.7 Å². The van der Waals surface area contributed by atoms with Gasteiger partial charge in [-0.3, -0.25) is 14.5 Å². The molecule has 0 bridgehead atoms. The Labute approximate surface area is 208 Å². The van der Waals surface area contributed by atoms with Crippen LogP contribution in [0.1, 0.15) is 34.1 Å². The molecule has 36 heavy (non-hydrogen) atoms. The first kappa shape index (κ1) is 25.1. The van der Waals surface area contributed by atoms with Gasteiger partial charge >= 0.3 is 0 Å². The summed E-state index contributed by atoms with van der Waals surface area (Å²) in [6.07, 6.45) is 0.369. The van der Waals surface area contributed by atoms with Crippen molar-refractivity contribution < 1.29 is 23.5 Å². The summed E-state index contributed by atoms with van der Waals surface area (Å²) in [5.74, 6) is 0.255. The largest absolute Gasteiger partial charge is 0.486 e. The molecule has 10 nitrogen and oxygen atoms in total. The number of benzene rings is 2. The quantitative estimate of drug-likeness (QED) is 0.535. The summed E-state index contributed by atoms with van der Waals surface area (Å²) in [6, 6.07) is 10.00. The number of halogens is 1. The Morgan fingerprint density at radius 1 is 1.11 bits per heavy atom. The maximum absolute atomic E-state index is 13.6. The van der Waals surface area contributed by atoms with Gasteiger partial charge < -0.3 is 14.8 Å². The summed E-state index contributed by atoms with van der Waals surface area (Å²) in [7, 11) is 0. The number of amides is 2. The number of nitrogens with one attached hydrogen (secondary N) is 1. The molecule has 1 aliphatic rings. The number of fused-ring (bicyclic) bond motifs is 1. The van der Waals surface area contributed by atoms with Gasteiger partial charge in [0, 0.05) is 22.9 Å². The molecule has 0 saturated heterocycles. The van der Waals surface area contributed by atoms with E-state index in [0.29, 0.717) is 42.4 Å². The number of anilines is 1. The van der Waals surface area contributed by atoms with E-state index in [1.54, 1.807) is 18.2 Å². The van der Waals surface area contributed by atoms with Gasteiger partial charge in [0.2, 0.25) is 11.7 Å². The lowest BCUT2D eigenvalue weighted by Gasteiger charge is -2.33. The van der Waals surface area contributed by atoms with Gasteiger partial charge in [-0.2, -0.15) is 4.80 Å². The fraction of sp³-hybridized carbons (Fsp3) is 0.400. The summed E-state index contributed by atoms with van der Waals surface area (Å²) in [5, 5.41) is 15.2. The highest BCUT2D eigenvalue weighted by molar-refractivity contribution is 6.01. The molecule has 1 N–H and O–H groups in total. The second kappa shape index (κ2) is 10.3. The Balaban J connectivity index is 1.64. The van der Waals surface area contributed by atoms with E-state index in [9.17, 15) is 14.0 Å². The van der Waals surface area contributed by atoms with E-state index in [-0.39, 0.29) is 24.1 Å². The fourth-order valence-electron chi connectivity index (χ4n) is 3.84. The molecule has 1 aliphatic heterocycles. The van der Waals surface area contributed by atoms with Crippen molar-refractivity contribution in [2.75, 3.05) is 18.1 Å². The topological polar surface area (TPSA) is 111 Å². The Kier molecular flexibility index (Phi) is 7.18. The Bertz CT molecular complexity index is 1240. The van der Waals surface area contributed by atoms with E-state index < -0.39 is 17.5 Å². The number of nitrogens with zero attached hydrogens (tertiary/aromatic N) is 5. The third-order valence-electron chi connectivity index (χ3n) is 5.40. The number of rotatable bonds is 7. The van der Waals surface area contributed by atoms with Crippen molar-refractivity contribution in [3.8, 4) is 22.9 Å². The van der Waals surface area contributed by atoms with Crippen molar-refractivity contribution in [3.05, 3.63) is 48.3 Å². The normalized spacial score (nSPS) is 13.7. The number of tetrazole rings is 1. The lowest BCUT2D eigenvalue weighted by molar-refractivity contribution is -0.128. The second-order valence-electron chi connectivity index (χ2n) is 9.41. The lowest BCUT2D eigenvalue weighted by Crippen LogP contribution is -2.54. The highest BCUT2D eigenvalue weighted by Crippen LogP contribution is 2.35. The predicted octanol–water partition coefficient (Wildman–Crippen LogP) is 2.98. The van der Waals surface area contributed by atoms with Crippen LogP contribution in [0.3, 0.4) is 0 Å². The molecule has 1 atom stereocenters. The van der Waals surface area contributed by atoms with E-state index in [0.717, 1.165) is 4.80 Å². The third-order valence-corrected chi connectivity index (χ3v) is 5.40. The number of aromatic nitrogens is 4. The number of hydrogen-bond acceptors (Lipinski definition) is 7. The van der Waals surface area contributed by atoms with E-state index in [1.165, 1.54) is 29.2 Å². The number of ether oxygens (including phenoxy) is 2. The van der Waals surface area contributed by atoms with Crippen LogP contribution in [0.4, 0.5) is 10.1 Å². The van der Waals surface area contributed by atoms with Crippen LogP contribution in [0.2, 0.25) is 0 Å². The maximum atomic E-state index is 13.6. The lowest BCUT2D eigenvalue weighted by atomic mass is 10.1. The van der Waals surface area contributed by atoms with Crippen LogP contribution in [0.25, 0.3) is 11.4 Å². The van der Waals surface area contributed by atoms with E-state index in [2.05, 4.69) is 20.7 Å². The number of hydrogen-bond donors (Lipinski definition) is 1. The Morgan fingerprint density at radius 2 is 1.81 bits per heavy atom. The minimum Gasteiger partial charge on any atom is -0.486 e. The highest BCUT2D eigenvalue weighted by Gasteiger charge is 2.33. The van der Waals surface area contributed by atoms with Crippen molar-refractivity contribution in [1.29, 1.82) is 0 Å². The van der Waals surface area contributed by atoms with Crippen molar-refractivity contribution >= 4 is 17.5 Å². The summed E-state index contributed by atoms with van der Waals surface area (Å²) in [6.45, 7) is 8.04. The first-order valence-corrected chi connectivity index (χ1v) is 11.7.